The van der Waals surface area contributed by atoms with Gasteiger partial charge in [0.2, 0.25) is 0 Å². The van der Waals surface area contributed by atoms with Crippen LogP contribution in [0.4, 0.5) is 0 Å². The fourth-order valence-electron chi connectivity index (χ4n) is 1.31. The normalized spacial score (nSPS) is 8.86. The number of rotatable bonds is 2. The summed E-state index contributed by atoms with van der Waals surface area (Å²) in [6.45, 7) is 0. The quantitative estimate of drug-likeness (QED) is 0.485. The molecule has 0 bridgehead atoms. The average molecular weight is 367 g/mol. The van der Waals surface area contributed by atoms with Crippen LogP contribution in [0.1, 0.15) is 20.7 Å². The van der Waals surface area contributed by atoms with Crippen molar-refractivity contribution in [2.24, 2.45) is 0 Å². The number of carboxylic acid groups (broad SMARTS) is 2. The Morgan fingerprint density at radius 3 is 1.19 bits per heavy atom. The summed E-state index contributed by atoms with van der Waals surface area (Å²) in [6.07, 6.45) is 0. The van der Waals surface area contributed by atoms with E-state index in [2.05, 4.69) is 25.3 Å². The minimum atomic E-state index is -0.939. The minimum Gasteiger partial charge on any atom is -0.478 e. The van der Waals surface area contributed by atoms with E-state index in [1.165, 1.54) is 12.1 Å². The number of thiol groups is 2. The SMILES string of the molecule is O=C(O)c1ccccc1S.O=C(O)c1ccccc1S.[Ni]. The molecule has 0 aromatic heterocycles. The Balaban J connectivity index is 0.000000364. The molecule has 0 unspecified atom stereocenters. The molecule has 0 heterocycles. The predicted molar refractivity (Wildman–Crippen MR) is 81.3 cm³/mol. The summed E-state index contributed by atoms with van der Waals surface area (Å²) in [5, 5.41) is 17.0. The van der Waals surface area contributed by atoms with Gasteiger partial charge in [0, 0.05) is 26.3 Å². The van der Waals surface area contributed by atoms with Gasteiger partial charge in [0.1, 0.15) is 0 Å². The van der Waals surface area contributed by atoms with Gasteiger partial charge < -0.3 is 10.2 Å². The zero-order chi connectivity index (χ0) is 15.1. The summed E-state index contributed by atoms with van der Waals surface area (Å²) in [6, 6.07) is 13.2. The summed E-state index contributed by atoms with van der Waals surface area (Å²) in [5.41, 5.74) is 0.483. The van der Waals surface area contributed by atoms with Crippen LogP contribution in [-0.4, -0.2) is 22.2 Å². The maximum absolute atomic E-state index is 10.4. The molecule has 2 N–H and O–H groups in total. The van der Waals surface area contributed by atoms with Crippen LogP contribution in [0.15, 0.2) is 58.3 Å². The van der Waals surface area contributed by atoms with Gasteiger partial charge in [-0.3, -0.25) is 0 Å². The van der Waals surface area contributed by atoms with E-state index in [9.17, 15) is 9.59 Å². The Morgan fingerprint density at radius 1 is 0.714 bits per heavy atom. The molecule has 2 aromatic carbocycles. The van der Waals surface area contributed by atoms with Gasteiger partial charge in [-0.15, -0.1) is 25.3 Å². The monoisotopic (exact) mass is 366 g/mol. The van der Waals surface area contributed by atoms with Gasteiger partial charge in [-0.1, -0.05) is 24.3 Å². The van der Waals surface area contributed by atoms with Gasteiger partial charge in [-0.05, 0) is 24.3 Å². The van der Waals surface area contributed by atoms with E-state index >= 15 is 0 Å². The fraction of sp³-hybridized carbons (Fsp3) is 0. The van der Waals surface area contributed by atoms with Gasteiger partial charge in [0.15, 0.2) is 0 Å². The Morgan fingerprint density at radius 2 is 1.00 bits per heavy atom. The third kappa shape index (κ3) is 6.25. The summed E-state index contributed by atoms with van der Waals surface area (Å²) >= 11 is 7.91. The Hall–Kier alpha value is -1.43. The predicted octanol–water partition coefficient (Wildman–Crippen LogP) is 3.34. The van der Waals surface area contributed by atoms with Crippen molar-refractivity contribution in [1.82, 2.24) is 0 Å². The molecule has 114 valence electrons. The van der Waals surface area contributed by atoms with Crippen molar-refractivity contribution in [2.75, 3.05) is 0 Å². The van der Waals surface area contributed by atoms with Crippen molar-refractivity contribution < 1.29 is 36.3 Å². The van der Waals surface area contributed by atoms with Crippen molar-refractivity contribution >= 4 is 37.2 Å². The standard InChI is InChI=1S/2C7H6O2S.Ni/c2*8-7(9)5-3-1-2-4-6(5)10;/h2*1-4,10H,(H,8,9);. The van der Waals surface area contributed by atoms with Gasteiger partial charge in [-0.2, -0.15) is 0 Å². The zero-order valence-electron chi connectivity index (χ0n) is 10.5. The summed E-state index contributed by atoms with van der Waals surface area (Å²) in [7, 11) is 0. The molecule has 4 nitrogen and oxygen atoms in total. The average Bonchev–Trinajstić information content (AvgIpc) is 2.40. The minimum absolute atomic E-state index is 0. The number of carboxylic acids is 2. The van der Waals surface area contributed by atoms with Crippen molar-refractivity contribution in [3.05, 3.63) is 59.7 Å². The van der Waals surface area contributed by atoms with E-state index in [-0.39, 0.29) is 27.6 Å². The van der Waals surface area contributed by atoms with Crippen molar-refractivity contribution in [1.29, 1.82) is 0 Å². The smallest absolute Gasteiger partial charge is 0.336 e. The van der Waals surface area contributed by atoms with Crippen LogP contribution in [0.25, 0.3) is 0 Å². The van der Waals surface area contributed by atoms with E-state index in [0.29, 0.717) is 9.79 Å². The second-order valence-electron chi connectivity index (χ2n) is 3.64. The molecule has 0 saturated carbocycles. The molecule has 0 aliphatic heterocycles. The second kappa shape index (κ2) is 9.50. The van der Waals surface area contributed by atoms with Crippen LogP contribution in [-0.2, 0) is 16.5 Å². The molecule has 0 saturated heterocycles. The number of benzene rings is 2. The van der Waals surface area contributed by atoms with E-state index in [1.54, 1.807) is 36.4 Å². The van der Waals surface area contributed by atoms with Crippen LogP contribution >= 0.6 is 25.3 Å². The van der Waals surface area contributed by atoms with Crippen LogP contribution < -0.4 is 0 Å². The van der Waals surface area contributed by atoms with E-state index < -0.39 is 11.9 Å². The fourth-order valence-corrected chi connectivity index (χ4v) is 1.82. The summed E-state index contributed by atoms with van der Waals surface area (Å²) in [4.78, 5) is 21.7. The van der Waals surface area contributed by atoms with Gasteiger partial charge in [0.25, 0.3) is 0 Å². The molecular formula is C14H12NiO4S2. The molecule has 0 aliphatic rings. The van der Waals surface area contributed by atoms with Crippen LogP contribution in [0.2, 0.25) is 0 Å². The Labute approximate surface area is 142 Å². The van der Waals surface area contributed by atoms with E-state index in [4.69, 9.17) is 10.2 Å². The summed E-state index contributed by atoms with van der Waals surface area (Å²) in [5.74, 6) is -1.88. The molecule has 0 aliphatic carbocycles. The molecule has 2 rings (SSSR count). The van der Waals surface area contributed by atoms with Gasteiger partial charge >= 0.3 is 11.9 Å². The summed E-state index contributed by atoms with van der Waals surface area (Å²) < 4.78 is 0. The number of hydrogen-bond donors (Lipinski definition) is 4. The van der Waals surface area contributed by atoms with Crippen LogP contribution in [0, 0.1) is 0 Å². The maximum atomic E-state index is 10.4. The topological polar surface area (TPSA) is 74.6 Å². The maximum Gasteiger partial charge on any atom is 0.336 e. The van der Waals surface area contributed by atoms with Crippen LogP contribution in [0.5, 0.6) is 0 Å². The van der Waals surface area contributed by atoms with E-state index in [1.807, 2.05) is 0 Å². The third-order valence-electron chi connectivity index (χ3n) is 2.27. The number of hydrogen-bond acceptors (Lipinski definition) is 4. The second-order valence-corrected chi connectivity index (χ2v) is 4.61. The zero-order valence-corrected chi connectivity index (χ0v) is 13.3. The first-order chi connectivity index (χ1) is 9.43. The van der Waals surface area contributed by atoms with Crippen molar-refractivity contribution in [3.63, 3.8) is 0 Å². The Bertz CT molecular complexity index is 576. The molecular weight excluding hydrogens is 355 g/mol. The molecule has 0 amide bonds. The first-order valence-electron chi connectivity index (χ1n) is 5.46. The van der Waals surface area contributed by atoms with Gasteiger partial charge in [0.05, 0.1) is 11.1 Å². The molecule has 0 atom stereocenters. The molecule has 0 radical (unpaired) electrons. The van der Waals surface area contributed by atoms with Gasteiger partial charge in [-0.25, -0.2) is 9.59 Å². The molecule has 21 heavy (non-hydrogen) atoms. The number of aromatic carboxylic acids is 2. The van der Waals surface area contributed by atoms with Crippen molar-refractivity contribution in [3.8, 4) is 0 Å². The molecule has 7 heteroatoms. The molecule has 0 spiro atoms. The van der Waals surface area contributed by atoms with E-state index in [0.717, 1.165) is 0 Å². The Kier molecular flexibility index (Phi) is 8.85. The van der Waals surface area contributed by atoms with Crippen LogP contribution in [0.3, 0.4) is 0 Å². The largest absolute Gasteiger partial charge is 0.478 e. The molecule has 0 fully saturated rings. The third-order valence-corrected chi connectivity index (χ3v) is 3.05. The number of carbonyl (C=O) groups is 2. The first-order valence-corrected chi connectivity index (χ1v) is 6.35. The first kappa shape index (κ1) is 19.6. The van der Waals surface area contributed by atoms with Crippen molar-refractivity contribution in [2.45, 2.75) is 9.79 Å². The molecule has 2 aromatic rings.